The normalized spacial score (nSPS) is 28.5. The average Bonchev–Trinajstić information content (AvgIpc) is 3.08. The molecule has 27 heavy (non-hydrogen) atoms. The molecular weight excluding hydrogens is 352 g/mol. The molecule has 2 N–H and O–H groups in total. The Labute approximate surface area is 157 Å². The molecule has 146 valence electrons. The predicted molar refractivity (Wildman–Crippen MR) is 96.4 cm³/mol. The fraction of sp³-hybridized carbons (Fsp3) is 0.550. The van der Waals surface area contributed by atoms with Gasteiger partial charge in [-0.1, -0.05) is 0 Å². The zero-order chi connectivity index (χ0) is 19.1. The Morgan fingerprint density at radius 2 is 2.04 bits per heavy atom. The highest BCUT2D eigenvalue weighted by Gasteiger charge is 2.39. The van der Waals surface area contributed by atoms with Crippen molar-refractivity contribution in [3.8, 4) is 0 Å². The van der Waals surface area contributed by atoms with Crippen molar-refractivity contribution in [1.82, 2.24) is 9.80 Å². The summed E-state index contributed by atoms with van der Waals surface area (Å²) >= 11 is 0. The van der Waals surface area contributed by atoms with Gasteiger partial charge in [0, 0.05) is 49.4 Å². The van der Waals surface area contributed by atoms with Gasteiger partial charge >= 0.3 is 0 Å². The second-order valence-electron chi connectivity index (χ2n) is 7.58. The highest BCUT2D eigenvalue weighted by Crippen LogP contribution is 2.38. The minimum absolute atomic E-state index is 0.0855. The average molecular weight is 377 g/mol. The van der Waals surface area contributed by atoms with Crippen LogP contribution < -0.4 is 5.73 Å². The number of carbonyl (C=O) groups is 1. The van der Waals surface area contributed by atoms with Crippen LogP contribution in [0.5, 0.6) is 0 Å². The molecule has 1 fully saturated rings. The summed E-state index contributed by atoms with van der Waals surface area (Å²) in [5, 5.41) is 0. The summed E-state index contributed by atoms with van der Waals surface area (Å²) in [4.78, 5) is 16.1. The Morgan fingerprint density at radius 1 is 1.22 bits per heavy atom. The molecule has 1 aromatic rings. The van der Waals surface area contributed by atoms with Gasteiger partial charge in [0.1, 0.15) is 17.7 Å². The molecule has 3 heterocycles. The standard InChI is InChI=1S/C20H25F2N3O2/c1-12(26)24-7-2-3-18-19(24)6-8-25(18)14-10-17(23)20(27-11-14)15-9-13(21)4-5-16(15)22/h4-5,9,14,17,20H,2-3,6-8,10-11,23H2,1H3. The molecule has 0 aliphatic carbocycles. The third kappa shape index (κ3) is 3.34. The van der Waals surface area contributed by atoms with Gasteiger partial charge in [0.2, 0.25) is 5.91 Å². The van der Waals surface area contributed by atoms with Gasteiger partial charge in [0.25, 0.3) is 0 Å². The van der Waals surface area contributed by atoms with E-state index in [0.717, 1.165) is 50.2 Å². The van der Waals surface area contributed by atoms with Crippen LogP contribution in [0.2, 0.25) is 0 Å². The first-order valence-corrected chi connectivity index (χ1v) is 9.54. The molecule has 1 saturated heterocycles. The Balaban J connectivity index is 1.50. The van der Waals surface area contributed by atoms with E-state index >= 15 is 0 Å². The summed E-state index contributed by atoms with van der Waals surface area (Å²) in [6, 6.07) is 3.05. The lowest BCUT2D eigenvalue weighted by Gasteiger charge is -2.41. The van der Waals surface area contributed by atoms with E-state index in [9.17, 15) is 13.6 Å². The zero-order valence-corrected chi connectivity index (χ0v) is 15.5. The minimum Gasteiger partial charge on any atom is -0.370 e. The van der Waals surface area contributed by atoms with Crippen molar-refractivity contribution < 1.29 is 18.3 Å². The summed E-state index contributed by atoms with van der Waals surface area (Å²) in [6.45, 7) is 3.64. The Bertz CT molecular complexity index is 782. The number of halogens is 2. The molecule has 0 bridgehead atoms. The van der Waals surface area contributed by atoms with Gasteiger partial charge < -0.3 is 20.3 Å². The third-order valence-corrected chi connectivity index (χ3v) is 5.88. The van der Waals surface area contributed by atoms with Crippen LogP contribution in [0.4, 0.5) is 8.78 Å². The second kappa shape index (κ2) is 7.20. The largest absolute Gasteiger partial charge is 0.370 e. The van der Waals surface area contributed by atoms with E-state index in [1.165, 1.54) is 11.8 Å². The maximum absolute atomic E-state index is 14.1. The van der Waals surface area contributed by atoms with Crippen LogP contribution in [0, 0.1) is 11.6 Å². The number of amides is 1. The lowest BCUT2D eigenvalue weighted by molar-refractivity contribution is -0.127. The number of allylic oxidation sites excluding steroid dienone is 1. The molecule has 0 saturated carbocycles. The minimum atomic E-state index is -0.645. The van der Waals surface area contributed by atoms with E-state index in [1.807, 2.05) is 4.90 Å². The topological polar surface area (TPSA) is 58.8 Å². The molecule has 0 radical (unpaired) electrons. The number of nitrogens with two attached hydrogens (primary N) is 1. The third-order valence-electron chi connectivity index (χ3n) is 5.88. The monoisotopic (exact) mass is 377 g/mol. The smallest absolute Gasteiger partial charge is 0.223 e. The van der Waals surface area contributed by atoms with E-state index in [0.29, 0.717) is 13.0 Å². The van der Waals surface area contributed by atoms with Gasteiger partial charge in [-0.3, -0.25) is 4.79 Å². The van der Waals surface area contributed by atoms with E-state index in [2.05, 4.69) is 4.90 Å². The molecule has 7 heteroatoms. The summed E-state index contributed by atoms with van der Waals surface area (Å²) in [5.74, 6) is -0.904. The quantitative estimate of drug-likeness (QED) is 0.861. The number of rotatable bonds is 2. The molecule has 4 rings (SSSR count). The molecule has 1 aromatic carbocycles. The zero-order valence-electron chi connectivity index (χ0n) is 15.5. The number of benzene rings is 1. The summed E-state index contributed by atoms with van der Waals surface area (Å²) in [6.07, 6.45) is 2.74. The maximum atomic E-state index is 14.1. The van der Waals surface area contributed by atoms with Crippen molar-refractivity contribution in [2.75, 3.05) is 19.7 Å². The van der Waals surface area contributed by atoms with Gasteiger partial charge in [0.05, 0.1) is 12.6 Å². The Kier molecular flexibility index (Phi) is 4.90. The molecule has 0 spiro atoms. The molecule has 1 amide bonds. The number of nitrogens with zero attached hydrogens (tertiary/aromatic N) is 2. The van der Waals surface area contributed by atoms with Gasteiger partial charge in [-0.15, -0.1) is 0 Å². The first-order chi connectivity index (χ1) is 13.0. The first kappa shape index (κ1) is 18.4. The Morgan fingerprint density at radius 3 is 2.78 bits per heavy atom. The highest BCUT2D eigenvalue weighted by molar-refractivity contribution is 5.75. The molecule has 5 nitrogen and oxygen atoms in total. The number of carbonyl (C=O) groups excluding carboxylic acids is 1. The first-order valence-electron chi connectivity index (χ1n) is 9.54. The molecule has 3 aliphatic rings. The van der Waals surface area contributed by atoms with E-state index < -0.39 is 23.8 Å². The van der Waals surface area contributed by atoms with Crippen molar-refractivity contribution in [1.29, 1.82) is 0 Å². The fourth-order valence-corrected chi connectivity index (χ4v) is 4.65. The predicted octanol–water partition coefficient (Wildman–Crippen LogP) is 2.68. The van der Waals surface area contributed by atoms with Gasteiger partial charge in [0.15, 0.2) is 0 Å². The van der Waals surface area contributed by atoms with Crippen molar-refractivity contribution in [3.63, 3.8) is 0 Å². The lowest BCUT2D eigenvalue weighted by Crippen LogP contribution is -2.48. The maximum Gasteiger partial charge on any atom is 0.223 e. The number of ether oxygens (including phenoxy) is 1. The van der Waals surface area contributed by atoms with Crippen LogP contribution in [0.1, 0.15) is 44.3 Å². The van der Waals surface area contributed by atoms with Crippen molar-refractivity contribution in [2.24, 2.45) is 5.73 Å². The lowest BCUT2D eigenvalue weighted by atomic mass is 9.93. The second-order valence-corrected chi connectivity index (χ2v) is 7.58. The summed E-state index contributed by atoms with van der Waals surface area (Å²) in [7, 11) is 0. The van der Waals surface area contributed by atoms with Crippen molar-refractivity contribution in [2.45, 2.75) is 50.8 Å². The molecular formula is C20H25F2N3O2. The Hall–Kier alpha value is -1.99. The van der Waals surface area contributed by atoms with Crippen molar-refractivity contribution >= 4 is 5.91 Å². The van der Waals surface area contributed by atoms with Crippen LogP contribution in [0.25, 0.3) is 0 Å². The van der Waals surface area contributed by atoms with E-state index in [1.54, 1.807) is 6.92 Å². The molecule has 3 aliphatic heterocycles. The number of hydrogen-bond donors (Lipinski definition) is 1. The molecule has 0 aromatic heterocycles. The molecule has 3 atom stereocenters. The van der Waals surface area contributed by atoms with Gasteiger partial charge in [-0.25, -0.2) is 8.78 Å². The van der Waals surface area contributed by atoms with Gasteiger partial charge in [-0.05, 0) is 37.5 Å². The van der Waals surface area contributed by atoms with Crippen LogP contribution in [0.3, 0.4) is 0 Å². The van der Waals surface area contributed by atoms with Crippen LogP contribution in [0.15, 0.2) is 29.6 Å². The SMILES string of the molecule is CC(=O)N1CCCC2=C1CCN2C1COC(c2cc(F)ccc2F)C(N)C1. The van der Waals surface area contributed by atoms with Crippen LogP contribution in [-0.4, -0.2) is 47.5 Å². The summed E-state index contributed by atoms with van der Waals surface area (Å²) in [5.41, 5.74) is 8.83. The van der Waals surface area contributed by atoms with Crippen LogP contribution >= 0.6 is 0 Å². The summed E-state index contributed by atoms with van der Waals surface area (Å²) < 4.78 is 33.6. The van der Waals surface area contributed by atoms with E-state index in [4.69, 9.17) is 10.5 Å². The number of hydrogen-bond acceptors (Lipinski definition) is 4. The van der Waals surface area contributed by atoms with Crippen molar-refractivity contribution in [3.05, 3.63) is 46.8 Å². The highest BCUT2D eigenvalue weighted by atomic mass is 19.1. The molecule has 3 unspecified atom stereocenters. The van der Waals surface area contributed by atoms with Crippen LogP contribution in [-0.2, 0) is 9.53 Å². The van der Waals surface area contributed by atoms with E-state index in [-0.39, 0.29) is 17.5 Å². The van der Waals surface area contributed by atoms with Gasteiger partial charge in [-0.2, -0.15) is 0 Å². The fourth-order valence-electron chi connectivity index (χ4n) is 4.65.